The largest absolute Gasteiger partial charge is 0.417 e. The molecule has 0 radical (unpaired) electrons. The Morgan fingerprint density at radius 1 is 1.35 bits per heavy atom. The number of nitrogens with one attached hydrogen (secondary N) is 2. The smallest absolute Gasteiger partial charge is 0.408 e. The number of amides is 1. The number of hydrogen-bond donors (Lipinski definition) is 2. The molecule has 1 saturated heterocycles. The Hall–Kier alpha value is -2.13. The molecule has 142 valence electrons. The summed E-state index contributed by atoms with van der Waals surface area (Å²) in [4.78, 5) is 26.2. The molecule has 1 unspecified atom stereocenters. The lowest BCUT2D eigenvalue weighted by molar-refractivity contribution is -0.127. The maximum Gasteiger partial charge on any atom is 0.417 e. The summed E-state index contributed by atoms with van der Waals surface area (Å²) in [6.45, 7) is 6.17. The number of carbonyl (C=O) groups excluding carboxylic acids is 1. The number of piperidine rings is 1. The van der Waals surface area contributed by atoms with Crippen molar-refractivity contribution in [2.24, 2.45) is 5.92 Å². The molecule has 1 aliphatic rings. The monoisotopic (exact) mass is 381 g/mol. The third-order valence-electron chi connectivity index (χ3n) is 4.28. The number of sulfonamides is 1. The summed E-state index contributed by atoms with van der Waals surface area (Å²) in [6, 6.07) is 4.27. The number of carbonyl (C=O) groups is 1. The van der Waals surface area contributed by atoms with Crippen LogP contribution in [0, 0.1) is 5.92 Å². The van der Waals surface area contributed by atoms with E-state index in [9.17, 15) is 18.0 Å². The summed E-state index contributed by atoms with van der Waals surface area (Å²) in [5.41, 5.74) is 0.264. The summed E-state index contributed by atoms with van der Waals surface area (Å²) in [5, 5.41) is 2.91. The first-order valence-electron chi connectivity index (χ1n) is 8.51. The van der Waals surface area contributed by atoms with E-state index in [2.05, 4.69) is 10.3 Å². The summed E-state index contributed by atoms with van der Waals surface area (Å²) < 4.78 is 32.2. The molecule has 26 heavy (non-hydrogen) atoms. The summed E-state index contributed by atoms with van der Waals surface area (Å²) in [5.74, 6) is -1.15. The Morgan fingerprint density at radius 3 is 2.77 bits per heavy atom. The van der Waals surface area contributed by atoms with Crippen molar-refractivity contribution < 1.29 is 17.6 Å². The van der Waals surface area contributed by atoms with Gasteiger partial charge in [-0.3, -0.25) is 9.78 Å². The zero-order valence-electron chi connectivity index (χ0n) is 15.0. The molecule has 0 aliphatic carbocycles. The van der Waals surface area contributed by atoms with Crippen LogP contribution in [0.5, 0.6) is 0 Å². The molecule has 9 heteroatoms. The Kier molecular flexibility index (Phi) is 4.70. The van der Waals surface area contributed by atoms with Crippen LogP contribution >= 0.6 is 0 Å². The van der Waals surface area contributed by atoms with E-state index in [0.29, 0.717) is 24.9 Å². The molecule has 1 aliphatic heterocycles. The van der Waals surface area contributed by atoms with Gasteiger partial charge in [-0.1, -0.05) is 0 Å². The summed E-state index contributed by atoms with van der Waals surface area (Å²) in [6.07, 6.45) is 1.27. The van der Waals surface area contributed by atoms with Crippen LogP contribution in [-0.4, -0.2) is 42.2 Å². The van der Waals surface area contributed by atoms with Gasteiger partial charge < -0.3 is 9.73 Å². The number of fused-ring (bicyclic) bond motifs is 1. The highest BCUT2D eigenvalue weighted by Crippen LogP contribution is 2.26. The van der Waals surface area contributed by atoms with Crippen LogP contribution in [-0.2, 0) is 14.8 Å². The second-order valence-electron chi connectivity index (χ2n) is 7.61. The molecule has 1 aromatic carbocycles. The van der Waals surface area contributed by atoms with Crippen LogP contribution in [0.1, 0.15) is 33.6 Å². The third kappa shape index (κ3) is 3.83. The Labute approximate surface area is 151 Å². The molecule has 0 saturated carbocycles. The van der Waals surface area contributed by atoms with Crippen molar-refractivity contribution >= 4 is 27.0 Å². The van der Waals surface area contributed by atoms with Crippen molar-refractivity contribution in [2.45, 2.75) is 44.0 Å². The number of hydrogen-bond acceptors (Lipinski definition) is 5. The molecule has 1 fully saturated rings. The molecule has 3 rings (SSSR count). The molecule has 1 amide bonds. The van der Waals surface area contributed by atoms with E-state index in [4.69, 9.17) is 4.42 Å². The highest BCUT2D eigenvalue weighted by molar-refractivity contribution is 7.89. The molecule has 2 N–H and O–H groups in total. The van der Waals surface area contributed by atoms with Gasteiger partial charge in [0.15, 0.2) is 5.58 Å². The van der Waals surface area contributed by atoms with Gasteiger partial charge in [-0.15, -0.1) is 0 Å². The number of oxazole rings is 1. The van der Waals surface area contributed by atoms with Gasteiger partial charge in [0, 0.05) is 24.7 Å². The first kappa shape index (κ1) is 18.7. The van der Waals surface area contributed by atoms with Crippen molar-refractivity contribution in [3.8, 4) is 0 Å². The second kappa shape index (κ2) is 6.55. The highest BCUT2D eigenvalue weighted by Gasteiger charge is 2.34. The molecule has 1 atom stereocenters. The minimum Gasteiger partial charge on any atom is -0.408 e. The first-order valence-corrected chi connectivity index (χ1v) is 9.95. The van der Waals surface area contributed by atoms with E-state index in [1.54, 1.807) is 0 Å². The van der Waals surface area contributed by atoms with E-state index in [1.807, 2.05) is 20.8 Å². The van der Waals surface area contributed by atoms with Crippen LogP contribution in [0.3, 0.4) is 0 Å². The van der Waals surface area contributed by atoms with Gasteiger partial charge in [0.2, 0.25) is 15.9 Å². The second-order valence-corrected chi connectivity index (χ2v) is 9.55. The Morgan fingerprint density at radius 2 is 2.08 bits per heavy atom. The van der Waals surface area contributed by atoms with E-state index in [-0.39, 0.29) is 34.4 Å². The van der Waals surface area contributed by atoms with Crippen LogP contribution < -0.4 is 11.1 Å². The number of nitrogens with zero attached hydrogens (tertiary/aromatic N) is 1. The molecular formula is C17H23N3O5S. The molecular weight excluding hydrogens is 358 g/mol. The van der Waals surface area contributed by atoms with E-state index in [0.717, 1.165) is 0 Å². The topological polar surface area (TPSA) is 112 Å². The molecule has 8 nitrogen and oxygen atoms in total. The van der Waals surface area contributed by atoms with Gasteiger partial charge in [-0.25, -0.2) is 13.2 Å². The third-order valence-corrected chi connectivity index (χ3v) is 6.14. The van der Waals surface area contributed by atoms with Crippen LogP contribution in [0.25, 0.3) is 11.1 Å². The van der Waals surface area contributed by atoms with Gasteiger partial charge in [0.25, 0.3) is 0 Å². The average Bonchev–Trinajstić information content (AvgIpc) is 2.92. The normalized spacial score (nSPS) is 19.6. The van der Waals surface area contributed by atoms with Crippen molar-refractivity contribution in [1.82, 2.24) is 14.6 Å². The van der Waals surface area contributed by atoms with Gasteiger partial charge in [-0.2, -0.15) is 4.31 Å². The molecule has 2 heterocycles. The average molecular weight is 381 g/mol. The van der Waals surface area contributed by atoms with Crippen LogP contribution in [0.15, 0.2) is 32.3 Å². The van der Waals surface area contributed by atoms with Crippen molar-refractivity contribution in [3.63, 3.8) is 0 Å². The van der Waals surface area contributed by atoms with Gasteiger partial charge in [0.1, 0.15) is 0 Å². The van der Waals surface area contributed by atoms with Crippen LogP contribution in [0.2, 0.25) is 0 Å². The number of rotatable bonds is 3. The fraction of sp³-hybridized carbons (Fsp3) is 0.529. The molecule has 0 spiro atoms. The zero-order chi connectivity index (χ0) is 19.1. The lowest BCUT2D eigenvalue weighted by Gasteiger charge is -2.33. The quantitative estimate of drug-likeness (QED) is 0.835. The van der Waals surface area contributed by atoms with E-state index < -0.39 is 15.8 Å². The molecule has 1 aromatic heterocycles. The lowest BCUT2D eigenvalue weighted by Crippen LogP contribution is -2.49. The maximum absolute atomic E-state index is 13.0. The van der Waals surface area contributed by atoms with E-state index >= 15 is 0 Å². The van der Waals surface area contributed by atoms with Crippen LogP contribution in [0.4, 0.5) is 0 Å². The summed E-state index contributed by atoms with van der Waals surface area (Å²) >= 11 is 0. The van der Waals surface area contributed by atoms with Gasteiger partial charge in [0.05, 0.1) is 16.3 Å². The van der Waals surface area contributed by atoms with Crippen molar-refractivity contribution in [3.05, 3.63) is 28.7 Å². The number of aromatic amines is 1. The predicted molar refractivity (Wildman–Crippen MR) is 96.2 cm³/mol. The number of benzene rings is 1. The maximum atomic E-state index is 13.0. The van der Waals surface area contributed by atoms with Gasteiger partial charge >= 0.3 is 5.76 Å². The Balaban J connectivity index is 1.83. The minimum absolute atomic E-state index is 0.0460. The fourth-order valence-electron chi connectivity index (χ4n) is 3.08. The fourth-order valence-corrected chi connectivity index (χ4v) is 4.62. The first-order chi connectivity index (χ1) is 12.1. The van der Waals surface area contributed by atoms with Crippen molar-refractivity contribution in [1.29, 1.82) is 0 Å². The minimum atomic E-state index is -3.78. The van der Waals surface area contributed by atoms with E-state index in [1.165, 1.54) is 22.5 Å². The summed E-state index contributed by atoms with van der Waals surface area (Å²) in [7, 11) is -3.78. The molecule has 2 aromatic rings. The van der Waals surface area contributed by atoms with Gasteiger partial charge in [-0.05, 0) is 45.7 Å². The predicted octanol–water partition coefficient (Wildman–Crippen LogP) is 1.44. The Bertz CT molecular complexity index is 984. The standard InChI is InChI=1S/C17H23N3O5S/c1-17(2,3)19-15(21)11-5-4-8-20(10-11)26(23,24)12-6-7-13-14(9-12)25-16(22)18-13/h6-7,9,11H,4-5,8,10H2,1-3H3,(H,18,22)(H,19,21). The van der Waals surface area contributed by atoms with Crippen molar-refractivity contribution in [2.75, 3.05) is 13.1 Å². The number of aromatic nitrogens is 1. The number of H-pyrrole nitrogens is 1. The zero-order valence-corrected chi connectivity index (χ0v) is 15.9. The molecule has 0 bridgehead atoms. The lowest BCUT2D eigenvalue weighted by atomic mass is 9.97. The highest BCUT2D eigenvalue weighted by atomic mass is 32.2. The SMILES string of the molecule is CC(C)(C)NC(=O)C1CCCN(S(=O)(=O)c2ccc3[nH]c(=O)oc3c2)C1.